The molecule has 3 aromatic heterocycles. The van der Waals surface area contributed by atoms with Crippen molar-refractivity contribution in [3.63, 3.8) is 0 Å². The Bertz CT molecular complexity index is 1410. The third-order valence-electron chi connectivity index (χ3n) is 4.68. The lowest BCUT2D eigenvalue weighted by Crippen LogP contribution is -2.20. The summed E-state index contributed by atoms with van der Waals surface area (Å²) < 4.78 is 46.6. The largest absolute Gasteiger partial charge is 0.464 e. The molecule has 1 atom stereocenters. The number of aromatic amines is 1. The quantitative estimate of drug-likeness (QED) is 0.436. The second-order valence-electron chi connectivity index (χ2n) is 7.00. The Morgan fingerprint density at radius 3 is 2.62 bits per heavy atom. The fourth-order valence-electron chi connectivity index (χ4n) is 3.27. The average Bonchev–Trinajstić information content (AvgIpc) is 3.15. The molecule has 4 aromatic rings. The maximum absolute atomic E-state index is 13.8. The number of pyridine rings is 1. The van der Waals surface area contributed by atoms with Crippen molar-refractivity contribution in [2.75, 3.05) is 12.4 Å². The molecule has 2 N–H and O–H groups in total. The number of carbonyl (C=O) groups excluding carboxylic acids is 1. The Morgan fingerprint density at radius 2 is 1.94 bits per heavy atom. The van der Waals surface area contributed by atoms with Crippen molar-refractivity contribution in [3.8, 4) is 0 Å². The van der Waals surface area contributed by atoms with Crippen LogP contribution in [0.15, 0.2) is 29.1 Å². The van der Waals surface area contributed by atoms with E-state index in [1.807, 2.05) is 0 Å². The molecule has 8 nitrogen and oxygen atoms in total. The minimum absolute atomic E-state index is 0.129. The predicted molar refractivity (Wildman–Crippen MR) is 113 cm³/mol. The van der Waals surface area contributed by atoms with Crippen molar-refractivity contribution in [2.24, 2.45) is 0 Å². The van der Waals surface area contributed by atoms with Gasteiger partial charge < -0.3 is 15.0 Å². The van der Waals surface area contributed by atoms with E-state index in [9.17, 15) is 22.8 Å². The number of hydrogen-bond acceptors (Lipinski definition) is 8. The Labute approximate surface area is 182 Å². The van der Waals surface area contributed by atoms with Gasteiger partial charge in [-0.05, 0) is 38.1 Å². The zero-order valence-electron chi connectivity index (χ0n) is 17.0. The van der Waals surface area contributed by atoms with Crippen LogP contribution in [-0.2, 0) is 10.9 Å². The number of esters is 1. The molecular weight excluding hydrogens is 447 g/mol. The average molecular weight is 463 g/mol. The van der Waals surface area contributed by atoms with Crippen LogP contribution < -0.4 is 10.9 Å². The molecule has 3 heterocycles. The number of methoxy groups -OCH3 is 1. The summed E-state index contributed by atoms with van der Waals surface area (Å²) in [6.07, 6.45) is -4.69. The maximum atomic E-state index is 13.8. The van der Waals surface area contributed by atoms with Gasteiger partial charge in [0.25, 0.3) is 5.56 Å². The SMILES string of the molecule is COC(=O)c1nc2ccc(N[C@@H](C)c3nc4c(=O)[nH]c(C)nc4cc3C(F)(F)F)cc2s1. The molecule has 0 aliphatic rings. The van der Waals surface area contributed by atoms with Crippen molar-refractivity contribution in [1.29, 1.82) is 0 Å². The monoisotopic (exact) mass is 463 g/mol. The first-order valence-corrected chi connectivity index (χ1v) is 10.1. The number of rotatable bonds is 4. The highest BCUT2D eigenvalue weighted by Gasteiger charge is 2.36. The van der Waals surface area contributed by atoms with Crippen molar-refractivity contribution >= 4 is 44.2 Å². The third kappa shape index (κ3) is 4.00. The fraction of sp³-hybridized carbons (Fsp3) is 0.250. The first kappa shape index (κ1) is 21.7. The highest BCUT2D eigenvalue weighted by atomic mass is 32.1. The third-order valence-corrected chi connectivity index (χ3v) is 5.67. The number of nitrogens with one attached hydrogen (secondary N) is 2. The molecule has 0 bridgehead atoms. The van der Waals surface area contributed by atoms with E-state index < -0.39 is 29.3 Å². The summed E-state index contributed by atoms with van der Waals surface area (Å²) in [7, 11) is 1.25. The van der Waals surface area contributed by atoms with E-state index >= 15 is 0 Å². The van der Waals surface area contributed by atoms with Gasteiger partial charge in [-0.3, -0.25) is 4.79 Å². The standard InChI is InChI=1S/C20H16F3N5O3S/c1-8(24-10-4-5-12-14(6-10)32-18(27-12)19(30)31-3)15-11(20(21,22)23)7-13-16(28-15)17(29)26-9(2)25-13/h4-8,24H,1-3H3,(H,25,26,29)/t8-/m0/s1. The zero-order valence-corrected chi connectivity index (χ0v) is 17.8. The van der Waals surface area contributed by atoms with Gasteiger partial charge in [0.2, 0.25) is 5.01 Å². The molecule has 12 heteroatoms. The van der Waals surface area contributed by atoms with Crippen molar-refractivity contribution in [3.05, 3.63) is 56.7 Å². The molecule has 0 aliphatic carbocycles. The van der Waals surface area contributed by atoms with Gasteiger partial charge in [0.05, 0.1) is 40.1 Å². The first-order chi connectivity index (χ1) is 15.1. The number of fused-ring (bicyclic) bond motifs is 2. The molecule has 0 fully saturated rings. The van der Waals surface area contributed by atoms with Crippen LogP contribution in [0.3, 0.4) is 0 Å². The van der Waals surface area contributed by atoms with Crippen LogP contribution in [0.25, 0.3) is 21.3 Å². The first-order valence-electron chi connectivity index (χ1n) is 9.31. The molecule has 32 heavy (non-hydrogen) atoms. The second kappa shape index (κ2) is 7.86. The van der Waals surface area contributed by atoms with Gasteiger partial charge in [-0.2, -0.15) is 13.2 Å². The number of thiazole rings is 1. The van der Waals surface area contributed by atoms with Crippen LogP contribution in [0.1, 0.15) is 39.8 Å². The highest BCUT2D eigenvalue weighted by Crippen LogP contribution is 2.36. The van der Waals surface area contributed by atoms with Gasteiger partial charge in [0.1, 0.15) is 5.82 Å². The van der Waals surface area contributed by atoms with E-state index in [4.69, 9.17) is 0 Å². The van der Waals surface area contributed by atoms with Crippen molar-refractivity contribution in [1.82, 2.24) is 19.9 Å². The second-order valence-corrected chi connectivity index (χ2v) is 8.03. The van der Waals surface area contributed by atoms with Gasteiger partial charge in [-0.25, -0.2) is 19.7 Å². The molecule has 166 valence electrons. The van der Waals surface area contributed by atoms with Crippen LogP contribution >= 0.6 is 11.3 Å². The number of H-pyrrole nitrogens is 1. The van der Waals surface area contributed by atoms with E-state index in [2.05, 4.69) is 30.0 Å². The van der Waals surface area contributed by atoms with Gasteiger partial charge >= 0.3 is 12.1 Å². The Hall–Kier alpha value is -3.54. The number of halogens is 3. The Balaban J connectivity index is 1.75. The molecule has 0 amide bonds. The van der Waals surface area contributed by atoms with Gasteiger partial charge in [0.15, 0.2) is 5.52 Å². The minimum Gasteiger partial charge on any atom is -0.464 e. The molecule has 0 saturated heterocycles. The van der Waals surface area contributed by atoms with Gasteiger partial charge in [-0.1, -0.05) is 0 Å². The van der Waals surface area contributed by atoms with Crippen molar-refractivity contribution < 1.29 is 22.7 Å². The molecule has 0 radical (unpaired) electrons. The number of benzene rings is 1. The number of ether oxygens (including phenoxy) is 1. The van der Waals surface area contributed by atoms with E-state index in [1.165, 1.54) is 21.0 Å². The number of nitrogens with zero attached hydrogens (tertiary/aromatic N) is 3. The summed E-state index contributed by atoms with van der Waals surface area (Å²) in [5.74, 6) is -0.376. The lowest BCUT2D eigenvalue weighted by Gasteiger charge is -2.20. The van der Waals surface area contributed by atoms with Crippen LogP contribution in [0.5, 0.6) is 0 Å². The van der Waals surface area contributed by atoms with Gasteiger partial charge in [-0.15, -0.1) is 11.3 Å². The summed E-state index contributed by atoms with van der Waals surface area (Å²) in [4.78, 5) is 38.5. The minimum atomic E-state index is -4.69. The number of alkyl halides is 3. The number of anilines is 1. The maximum Gasteiger partial charge on any atom is 0.418 e. The van der Waals surface area contributed by atoms with Gasteiger partial charge in [0, 0.05) is 5.69 Å². The van der Waals surface area contributed by atoms with E-state index in [1.54, 1.807) is 18.2 Å². The van der Waals surface area contributed by atoms with E-state index in [0.717, 1.165) is 17.4 Å². The number of hydrogen-bond donors (Lipinski definition) is 2. The number of carbonyl (C=O) groups is 1. The van der Waals surface area contributed by atoms with E-state index in [-0.39, 0.29) is 27.6 Å². The van der Waals surface area contributed by atoms with Crippen LogP contribution in [0.4, 0.5) is 18.9 Å². The summed E-state index contributed by atoms with van der Waals surface area (Å²) in [6, 6.07) is 4.88. The molecule has 1 aromatic carbocycles. The predicted octanol–water partition coefficient (Wildman–Crippen LogP) is 4.21. The molecule has 0 aliphatic heterocycles. The lowest BCUT2D eigenvalue weighted by molar-refractivity contribution is -0.138. The lowest BCUT2D eigenvalue weighted by atomic mass is 10.1. The molecule has 0 spiro atoms. The summed E-state index contributed by atoms with van der Waals surface area (Å²) >= 11 is 1.10. The Morgan fingerprint density at radius 1 is 1.19 bits per heavy atom. The molecular formula is C20H16F3N5O3S. The molecule has 0 saturated carbocycles. The summed E-state index contributed by atoms with van der Waals surface area (Å²) in [5, 5.41) is 3.15. The molecule has 0 unspecified atom stereocenters. The van der Waals surface area contributed by atoms with Crippen LogP contribution in [-0.4, -0.2) is 33.0 Å². The van der Waals surface area contributed by atoms with Crippen LogP contribution in [0.2, 0.25) is 0 Å². The number of aromatic nitrogens is 4. The number of aryl methyl sites for hydroxylation is 1. The Kier molecular flexibility index (Phi) is 5.33. The topological polar surface area (TPSA) is 110 Å². The van der Waals surface area contributed by atoms with Crippen LogP contribution in [0, 0.1) is 6.92 Å². The molecule has 4 rings (SSSR count). The fourth-order valence-corrected chi connectivity index (χ4v) is 4.19. The summed E-state index contributed by atoms with van der Waals surface area (Å²) in [5.41, 5.74) is -1.17. The van der Waals surface area contributed by atoms with E-state index in [0.29, 0.717) is 15.9 Å². The normalized spacial score (nSPS) is 12.8. The highest BCUT2D eigenvalue weighted by molar-refractivity contribution is 7.20. The smallest absolute Gasteiger partial charge is 0.418 e. The van der Waals surface area contributed by atoms with Crippen molar-refractivity contribution in [2.45, 2.75) is 26.1 Å². The summed E-state index contributed by atoms with van der Waals surface area (Å²) in [6.45, 7) is 2.99. The zero-order chi connectivity index (χ0) is 23.2.